The molecule has 1 amide bonds. The number of hydrogen-bond acceptors (Lipinski definition) is 4. The molecule has 0 bridgehead atoms. The van der Waals surface area contributed by atoms with Crippen LogP contribution in [-0.4, -0.2) is 42.8 Å². The molecule has 0 aromatic heterocycles. The number of nitrogens with one attached hydrogen (secondary N) is 2. The van der Waals surface area contributed by atoms with Crippen molar-refractivity contribution in [1.29, 1.82) is 0 Å². The zero-order valence-electron chi connectivity index (χ0n) is 8.99. The van der Waals surface area contributed by atoms with Gasteiger partial charge in [-0.05, 0) is 19.3 Å². The van der Waals surface area contributed by atoms with Gasteiger partial charge in [-0.3, -0.25) is 10.1 Å². The number of thioether (sulfide) groups is 1. The summed E-state index contributed by atoms with van der Waals surface area (Å²) < 4.78 is 5.28. The van der Waals surface area contributed by atoms with E-state index < -0.39 is 0 Å². The minimum absolute atomic E-state index is 0.0107. The van der Waals surface area contributed by atoms with Gasteiger partial charge in [-0.2, -0.15) is 0 Å². The Morgan fingerprint density at radius 1 is 1.53 bits per heavy atom. The Kier molecular flexibility index (Phi) is 3.88. The molecule has 2 aliphatic rings. The van der Waals surface area contributed by atoms with Crippen LogP contribution in [-0.2, 0) is 9.53 Å². The van der Waals surface area contributed by atoms with Crippen molar-refractivity contribution in [1.82, 2.24) is 10.6 Å². The highest BCUT2D eigenvalue weighted by Crippen LogP contribution is 2.21. The van der Waals surface area contributed by atoms with Gasteiger partial charge in [-0.15, -0.1) is 11.8 Å². The van der Waals surface area contributed by atoms with Crippen LogP contribution in [0, 0.1) is 0 Å². The topological polar surface area (TPSA) is 50.4 Å². The zero-order valence-corrected chi connectivity index (χ0v) is 9.81. The van der Waals surface area contributed by atoms with Crippen LogP contribution in [0.4, 0.5) is 0 Å². The smallest absolute Gasteiger partial charge is 0.238 e. The van der Waals surface area contributed by atoms with E-state index in [-0.39, 0.29) is 11.9 Å². The van der Waals surface area contributed by atoms with E-state index in [0.29, 0.717) is 12.1 Å². The van der Waals surface area contributed by atoms with Gasteiger partial charge >= 0.3 is 0 Å². The van der Waals surface area contributed by atoms with Gasteiger partial charge in [0.1, 0.15) is 0 Å². The second-order valence-electron chi connectivity index (χ2n) is 4.15. The lowest BCUT2D eigenvalue weighted by molar-refractivity contribution is -0.123. The van der Waals surface area contributed by atoms with Crippen LogP contribution >= 0.6 is 11.8 Å². The summed E-state index contributed by atoms with van der Waals surface area (Å²) in [6.07, 6.45) is 3.40. The number of amides is 1. The lowest BCUT2D eigenvalue weighted by Gasteiger charge is -2.16. The number of rotatable bonds is 3. The quantitative estimate of drug-likeness (QED) is 0.734. The number of carbonyl (C=O) groups is 1. The summed E-state index contributed by atoms with van der Waals surface area (Å²) >= 11 is 1.78. The maximum Gasteiger partial charge on any atom is 0.238 e. The van der Waals surface area contributed by atoms with Gasteiger partial charge < -0.3 is 10.1 Å². The predicted molar refractivity (Wildman–Crippen MR) is 60.8 cm³/mol. The zero-order chi connectivity index (χ0) is 10.7. The van der Waals surface area contributed by atoms with Crippen LogP contribution in [0.25, 0.3) is 0 Å². The summed E-state index contributed by atoms with van der Waals surface area (Å²) in [4.78, 5) is 11.8. The third-order valence-corrected chi connectivity index (χ3v) is 4.04. The highest BCUT2D eigenvalue weighted by atomic mass is 32.2. The lowest BCUT2D eigenvalue weighted by atomic mass is 10.2. The Bertz CT molecular complexity index is 231. The number of methoxy groups -OCH3 is 1. The van der Waals surface area contributed by atoms with Gasteiger partial charge in [0.2, 0.25) is 5.91 Å². The molecule has 4 nitrogen and oxygen atoms in total. The van der Waals surface area contributed by atoms with Crippen molar-refractivity contribution in [2.75, 3.05) is 18.7 Å². The summed E-state index contributed by atoms with van der Waals surface area (Å²) in [7, 11) is 1.74. The maximum absolute atomic E-state index is 11.8. The Labute approximate surface area is 94.5 Å². The van der Waals surface area contributed by atoms with Crippen molar-refractivity contribution in [2.45, 2.75) is 37.5 Å². The molecule has 0 aromatic rings. The summed E-state index contributed by atoms with van der Waals surface area (Å²) in [5.41, 5.74) is 0. The van der Waals surface area contributed by atoms with Gasteiger partial charge in [0.05, 0.1) is 12.1 Å². The lowest BCUT2D eigenvalue weighted by Crippen LogP contribution is -2.45. The molecule has 2 rings (SSSR count). The third kappa shape index (κ3) is 2.86. The fourth-order valence-electron chi connectivity index (χ4n) is 2.15. The molecule has 1 saturated carbocycles. The average Bonchev–Trinajstić information content (AvgIpc) is 2.87. The summed E-state index contributed by atoms with van der Waals surface area (Å²) in [5, 5.41) is 6.27. The van der Waals surface area contributed by atoms with Crippen molar-refractivity contribution in [3.63, 3.8) is 0 Å². The van der Waals surface area contributed by atoms with Crippen molar-refractivity contribution in [2.24, 2.45) is 0 Å². The maximum atomic E-state index is 11.8. The highest BCUT2D eigenvalue weighted by molar-refractivity contribution is 7.99. The molecule has 86 valence electrons. The summed E-state index contributed by atoms with van der Waals surface area (Å²) in [6.45, 7) is 0. The Morgan fingerprint density at radius 3 is 3.00 bits per heavy atom. The van der Waals surface area contributed by atoms with Crippen molar-refractivity contribution in [3.05, 3.63) is 0 Å². The normalized spacial score (nSPS) is 35.7. The molecule has 15 heavy (non-hydrogen) atoms. The molecule has 2 fully saturated rings. The van der Waals surface area contributed by atoms with Crippen molar-refractivity contribution in [3.8, 4) is 0 Å². The van der Waals surface area contributed by atoms with Gasteiger partial charge in [-0.25, -0.2) is 0 Å². The van der Waals surface area contributed by atoms with E-state index in [9.17, 15) is 4.79 Å². The molecule has 0 aromatic carbocycles. The standard InChI is InChI=1S/C10H18N2O2S/c1-14-8-3-2-7(4-8)12-10(13)9-5-15-6-11-9/h7-9,11H,2-6H2,1H3,(H,12,13). The van der Waals surface area contributed by atoms with Gasteiger partial charge in [0.15, 0.2) is 0 Å². The van der Waals surface area contributed by atoms with Crippen LogP contribution in [0.5, 0.6) is 0 Å². The SMILES string of the molecule is COC1CCC(NC(=O)C2CSCN2)C1. The van der Waals surface area contributed by atoms with E-state index in [2.05, 4.69) is 10.6 Å². The molecule has 3 atom stereocenters. The Hall–Kier alpha value is -0.260. The molecule has 3 unspecified atom stereocenters. The average molecular weight is 230 g/mol. The molecule has 1 heterocycles. The first-order valence-electron chi connectivity index (χ1n) is 5.44. The van der Waals surface area contributed by atoms with E-state index in [1.165, 1.54) is 0 Å². The van der Waals surface area contributed by atoms with Gasteiger partial charge in [0, 0.05) is 24.8 Å². The molecule has 1 saturated heterocycles. The minimum Gasteiger partial charge on any atom is -0.381 e. The van der Waals surface area contributed by atoms with Crippen molar-refractivity contribution >= 4 is 17.7 Å². The third-order valence-electron chi connectivity index (χ3n) is 3.10. The fourth-order valence-corrected chi connectivity index (χ4v) is 3.09. The molecular formula is C10H18N2O2S. The van der Waals surface area contributed by atoms with Gasteiger partial charge in [-0.1, -0.05) is 0 Å². The highest BCUT2D eigenvalue weighted by Gasteiger charge is 2.29. The van der Waals surface area contributed by atoms with Crippen LogP contribution in [0.3, 0.4) is 0 Å². The van der Waals surface area contributed by atoms with Crippen molar-refractivity contribution < 1.29 is 9.53 Å². The number of hydrogen-bond donors (Lipinski definition) is 2. The van der Waals surface area contributed by atoms with E-state index in [4.69, 9.17) is 4.74 Å². The van der Waals surface area contributed by atoms with Crippen LogP contribution in [0.15, 0.2) is 0 Å². The Morgan fingerprint density at radius 2 is 2.40 bits per heavy atom. The molecule has 5 heteroatoms. The van der Waals surface area contributed by atoms with Crippen LogP contribution in [0.2, 0.25) is 0 Å². The van der Waals surface area contributed by atoms with E-state index >= 15 is 0 Å². The fraction of sp³-hybridized carbons (Fsp3) is 0.900. The predicted octanol–water partition coefficient (Wildman–Crippen LogP) is 0.333. The molecule has 0 radical (unpaired) electrons. The molecule has 2 N–H and O–H groups in total. The van der Waals surface area contributed by atoms with Gasteiger partial charge in [0.25, 0.3) is 0 Å². The first-order valence-corrected chi connectivity index (χ1v) is 6.59. The largest absolute Gasteiger partial charge is 0.381 e. The number of carbonyl (C=O) groups excluding carboxylic acids is 1. The summed E-state index contributed by atoms with van der Waals surface area (Å²) in [5.74, 6) is 1.94. The Balaban J connectivity index is 1.74. The van der Waals surface area contributed by atoms with Crippen LogP contribution < -0.4 is 10.6 Å². The molecule has 0 spiro atoms. The first-order chi connectivity index (χ1) is 7.29. The van der Waals surface area contributed by atoms with E-state index in [1.807, 2.05) is 0 Å². The molecular weight excluding hydrogens is 212 g/mol. The minimum atomic E-state index is 0.0107. The molecule has 1 aliphatic heterocycles. The monoisotopic (exact) mass is 230 g/mol. The first kappa shape index (κ1) is 11.2. The van der Waals surface area contributed by atoms with E-state index in [0.717, 1.165) is 30.9 Å². The number of ether oxygens (including phenoxy) is 1. The molecule has 1 aliphatic carbocycles. The summed E-state index contributed by atoms with van der Waals surface area (Å²) in [6, 6.07) is 0.325. The van der Waals surface area contributed by atoms with Crippen LogP contribution in [0.1, 0.15) is 19.3 Å². The second-order valence-corrected chi connectivity index (χ2v) is 5.18. The van der Waals surface area contributed by atoms with E-state index in [1.54, 1.807) is 18.9 Å². The second kappa shape index (κ2) is 5.18.